The predicted octanol–water partition coefficient (Wildman–Crippen LogP) is 5.19. The zero-order valence-corrected chi connectivity index (χ0v) is 14.0. The summed E-state index contributed by atoms with van der Waals surface area (Å²) in [6.07, 6.45) is 0.799. The van der Waals surface area contributed by atoms with Crippen LogP contribution in [-0.4, -0.2) is 0 Å². The SMILES string of the molecule is Cc1cccc(C(N)Cc2ccc(C(C)(C)C)cc2)c1Cl. The molecule has 0 saturated carbocycles. The van der Waals surface area contributed by atoms with E-state index in [1.54, 1.807) is 0 Å². The molecule has 1 nitrogen and oxygen atoms in total. The largest absolute Gasteiger partial charge is 0.324 e. The fourth-order valence-corrected chi connectivity index (χ4v) is 2.73. The van der Waals surface area contributed by atoms with Gasteiger partial charge in [-0.15, -0.1) is 0 Å². The molecule has 2 aromatic rings. The van der Waals surface area contributed by atoms with Crippen LogP contribution in [0.25, 0.3) is 0 Å². The van der Waals surface area contributed by atoms with Crippen molar-refractivity contribution < 1.29 is 0 Å². The van der Waals surface area contributed by atoms with Gasteiger partial charge in [0.15, 0.2) is 0 Å². The summed E-state index contributed by atoms with van der Waals surface area (Å²) in [6.45, 7) is 8.68. The third-order valence-electron chi connectivity index (χ3n) is 3.90. The highest BCUT2D eigenvalue weighted by molar-refractivity contribution is 6.32. The predicted molar refractivity (Wildman–Crippen MR) is 92.0 cm³/mol. The lowest BCUT2D eigenvalue weighted by atomic mass is 9.86. The van der Waals surface area contributed by atoms with Gasteiger partial charge in [-0.3, -0.25) is 0 Å². The maximum atomic E-state index is 6.36. The number of nitrogens with two attached hydrogens (primary N) is 1. The summed E-state index contributed by atoms with van der Waals surface area (Å²) in [5.41, 5.74) is 11.2. The van der Waals surface area contributed by atoms with Crippen LogP contribution in [0.5, 0.6) is 0 Å². The van der Waals surface area contributed by atoms with Gasteiger partial charge in [0.05, 0.1) is 0 Å². The molecule has 2 N–H and O–H groups in total. The van der Waals surface area contributed by atoms with Crippen molar-refractivity contribution in [3.8, 4) is 0 Å². The Morgan fingerprint density at radius 1 is 1.05 bits per heavy atom. The van der Waals surface area contributed by atoms with Crippen LogP contribution in [0.1, 0.15) is 49.1 Å². The highest BCUT2D eigenvalue weighted by atomic mass is 35.5. The molecule has 2 rings (SSSR count). The highest BCUT2D eigenvalue weighted by Gasteiger charge is 2.15. The van der Waals surface area contributed by atoms with E-state index in [-0.39, 0.29) is 11.5 Å². The molecular formula is C19H24ClN. The molecule has 1 unspecified atom stereocenters. The first kappa shape index (κ1) is 16.1. The first-order valence-electron chi connectivity index (χ1n) is 7.39. The molecular weight excluding hydrogens is 278 g/mol. The van der Waals surface area contributed by atoms with E-state index in [2.05, 4.69) is 45.0 Å². The van der Waals surface area contributed by atoms with Gasteiger partial charge >= 0.3 is 0 Å². The van der Waals surface area contributed by atoms with Crippen molar-refractivity contribution in [3.05, 3.63) is 69.7 Å². The summed E-state index contributed by atoms with van der Waals surface area (Å²) < 4.78 is 0. The van der Waals surface area contributed by atoms with Crippen LogP contribution in [0.4, 0.5) is 0 Å². The van der Waals surface area contributed by atoms with Crippen molar-refractivity contribution in [2.24, 2.45) is 5.73 Å². The maximum absolute atomic E-state index is 6.36. The standard InChI is InChI=1S/C19H24ClN/c1-13-6-5-7-16(18(13)20)17(21)12-14-8-10-15(11-9-14)19(2,3)4/h5-11,17H,12,21H2,1-4H3. The molecule has 112 valence electrons. The first-order valence-corrected chi connectivity index (χ1v) is 7.77. The molecule has 2 heteroatoms. The Morgan fingerprint density at radius 3 is 2.24 bits per heavy atom. The van der Waals surface area contributed by atoms with E-state index in [1.165, 1.54) is 11.1 Å². The number of hydrogen-bond acceptors (Lipinski definition) is 1. The van der Waals surface area contributed by atoms with Gasteiger partial charge in [-0.05, 0) is 41.0 Å². The lowest BCUT2D eigenvalue weighted by molar-refractivity contribution is 0.589. The van der Waals surface area contributed by atoms with Crippen LogP contribution < -0.4 is 5.73 Å². The van der Waals surface area contributed by atoms with E-state index in [0.29, 0.717) is 0 Å². The summed E-state index contributed by atoms with van der Waals surface area (Å²) in [5, 5.41) is 0.788. The summed E-state index contributed by atoms with van der Waals surface area (Å²) in [5.74, 6) is 0. The number of halogens is 1. The van der Waals surface area contributed by atoms with Crippen LogP contribution in [0.15, 0.2) is 42.5 Å². The Labute approximate surface area is 133 Å². The van der Waals surface area contributed by atoms with E-state index in [4.69, 9.17) is 17.3 Å². The summed E-state index contributed by atoms with van der Waals surface area (Å²) >= 11 is 6.36. The lowest BCUT2D eigenvalue weighted by Crippen LogP contribution is -2.15. The van der Waals surface area contributed by atoms with E-state index >= 15 is 0 Å². The number of hydrogen-bond donors (Lipinski definition) is 1. The molecule has 0 radical (unpaired) electrons. The highest BCUT2D eigenvalue weighted by Crippen LogP contribution is 2.28. The van der Waals surface area contributed by atoms with Crippen molar-refractivity contribution in [1.29, 1.82) is 0 Å². The average Bonchev–Trinajstić information content (AvgIpc) is 2.41. The van der Waals surface area contributed by atoms with E-state index in [9.17, 15) is 0 Å². The molecule has 0 amide bonds. The van der Waals surface area contributed by atoms with Gasteiger partial charge in [0, 0.05) is 11.1 Å². The van der Waals surface area contributed by atoms with Crippen LogP contribution in [0, 0.1) is 6.92 Å². The minimum absolute atomic E-state index is 0.0714. The Bertz CT molecular complexity index is 608. The molecule has 0 spiro atoms. The number of rotatable bonds is 3. The fourth-order valence-electron chi connectivity index (χ4n) is 2.46. The zero-order valence-electron chi connectivity index (χ0n) is 13.3. The fraction of sp³-hybridized carbons (Fsp3) is 0.368. The first-order chi connectivity index (χ1) is 9.79. The summed E-state index contributed by atoms with van der Waals surface area (Å²) in [7, 11) is 0. The summed E-state index contributed by atoms with van der Waals surface area (Å²) in [6, 6.07) is 14.7. The van der Waals surface area contributed by atoms with Crippen molar-refractivity contribution >= 4 is 11.6 Å². The number of benzene rings is 2. The maximum Gasteiger partial charge on any atom is 0.0483 e. The molecule has 0 aliphatic rings. The van der Waals surface area contributed by atoms with Gasteiger partial charge in [0.25, 0.3) is 0 Å². The molecule has 21 heavy (non-hydrogen) atoms. The lowest BCUT2D eigenvalue weighted by Gasteiger charge is -2.20. The Hall–Kier alpha value is -1.31. The second kappa shape index (κ2) is 6.21. The molecule has 0 saturated heterocycles. The third-order valence-corrected chi connectivity index (χ3v) is 4.41. The molecule has 0 heterocycles. The molecule has 0 bridgehead atoms. The van der Waals surface area contributed by atoms with Crippen LogP contribution in [-0.2, 0) is 11.8 Å². The smallest absolute Gasteiger partial charge is 0.0483 e. The third kappa shape index (κ3) is 3.87. The monoisotopic (exact) mass is 301 g/mol. The molecule has 0 aliphatic heterocycles. The van der Waals surface area contributed by atoms with Crippen molar-refractivity contribution in [3.63, 3.8) is 0 Å². The van der Waals surface area contributed by atoms with Crippen LogP contribution in [0.3, 0.4) is 0 Å². The zero-order chi connectivity index (χ0) is 15.6. The quantitative estimate of drug-likeness (QED) is 0.829. The van der Waals surface area contributed by atoms with Crippen molar-refractivity contribution in [1.82, 2.24) is 0 Å². The Balaban J connectivity index is 2.16. The Kier molecular flexibility index (Phi) is 4.75. The molecule has 0 aliphatic carbocycles. The van der Waals surface area contributed by atoms with E-state index in [0.717, 1.165) is 22.6 Å². The van der Waals surface area contributed by atoms with Gasteiger partial charge in [-0.25, -0.2) is 0 Å². The number of aryl methyl sites for hydroxylation is 1. The molecule has 1 atom stereocenters. The second-order valence-electron chi connectivity index (χ2n) is 6.74. The molecule has 0 fully saturated rings. The molecule has 0 aromatic heterocycles. The van der Waals surface area contributed by atoms with Crippen LogP contribution in [0.2, 0.25) is 5.02 Å². The van der Waals surface area contributed by atoms with E-state index in [1.807, 2.05) is 25.1 Å². The van der Waals surface area contributed by atoms with Crippen molar-refractivity contribution in [2.45, 2.75) is 45.6 Å². The van der Waals surface area contributed by atoms with Gasteiger partial charge < -0.3 is 5.73 Å². The average molecular weight is 302 g/mol. The minimum Gasteiger partial charge on any atom is -0.324 e. The van der Waals surface area contributed by atoms with Gasteiger partial charge in [0.1, 0.15) is 0 Å². The second-order valence-corrected chi connectivity index (χ2v) is 7.11. The van der Waals surface area contributed by atoms with Gasteiger partial charge in [0.2, 0.25) is 0 Å². The Morgan fingerprint density at radius 2 is 1.67 bits per heavy atom. The summed E-state index contributed by atoms with van der Waals surface area (Å²) in [4.78, 5) is 0. The van der Waals surface area contributed by atoms with Crippen molar-refractivity contribution in [2.75, 3.05) is 0 Å². The van der Waals surface area contributed by atoms with Crippen LogP contribution >= 0.6 is 11.6 Å². The minimum atomic E-state index is -0.0714. The van der Waals surface area contributed by atoms with Gasteiger partial charge in [-0.1, -0.05) is 74.8 Å². The van der Waals surface area contributed by atoms with Gasteiger partial charge in [-0.2, -0.15) is 0 Å². The topological polar surface area (TPSA) is 26.0 Å². The normalized spacial score (nSPS) is 13.2. The van der Waals surface area contributed by atoms with E-state index < -0.39 is 0 Å². The molecule has 2 aromatic carbocycles.